The number of aromatic hydroxyl groups is 1. The van der Waals surface area contributed by atoms with Crippen LogP contribution in [0, 0.1) is 0 Å². The minimum atomic E-state index is -0.166. The Morgan fingerprint density at radius 3 is 2.79 bits per heavy atom. The number of ether oxygens (including phenoxy) is 1. The number of benzene rings is 2. The zero-order valence-corrected chi connectivity index (χ0v) is 13.7. The fraction of sp³-hybridized carbons (Fsp3) is 0.176. The molecule has 2 atom stereocenters. The van der Waals surface area contributed by atoms with Crippen LogP contribution in [0.1, 0.15) is 11.6 Å². The third-order valence-electron chi connectivity index (χ3n) is 4.07. The molecule has 2 aromatic carbocycles. The van der Waals surface area contributed by atoms with Crippen LogP contribution in [0.2, 0.25) is 0 Å². The van der Waals surface area contributed by atoms with E-state index in [1.807, 2.05) is 41.4 Å². The van der Waals surface area contributed by atoms with Gasteiger partial charge in [-0.3, -0.25) is 9.80 Å². The molecule has 0 aromatic heterocycles. The molecule has 2 aliphatic rings. The molecule has 0 saturated carbocycles. The molecule has 0 radical (unpaired) electrons. The molecule has 2 unspecified atom stereocenters. The molecular formula is C17H15N3O3S. The van der Waals surface area contributed by atoms with Gasteiger partial charge in [0.05, 0.1) is 18.8 Å². The molecule has 1 saturated heterocycles. The summed E-state index contributed by atoms with van der Waals surface area (Å²) in [6.07, 6.45) is 0. The first-order valence-electron chi connectivity index (χ1n) is 7.44. The van der Waals surface area contributed by atoms with Crippen LogP contribution in [0.5, 0.6) is 11.5 Å². The van der Waals surface area contributed by atoms with Gasteiger partial charge in [-0.1, -0.05) is 36.0 Å². The van der Waals surface area contributed by atoms with Crippen molar-refractivity contribution in [1.29, 1.82) is 0 Å². The van der Waals surface area contributed by atoms with E-state index < -0.39 is 0 Å². The average Bonchev–Trinajstić information content (AvgIpc) is 3.12. The smallest absolute Gasteiger partial charge is 0.285 e. The quantitative estimate of drug-likeness (QED) is 0.897. The van der Waals surface area contributed by atoms with Crippen LogP contribution in [0.4, 0.5) is 10.5 Å². The molecule has 2 N–H and O–H groups in total. The molecule has 0 bridgehead atoms. The van der Waals surface area contributed by atoms with Crippen LogP contribution in [-0.4, -0.2) is 28.5 Å². The van der Waals surface area contributed by atoms with Gasteiger partial charge in [-0.2, -0.15) is 5.10 Å². The Labute approximate surface area is 143 Å². The standard InChI is InChI=1S/C17H15N3O3S/c1-23-13-9-10(7-8-12(13)21)14-15-16(18-17(22)24-15)19-20(14)11-5-3-2-4-6-11/h2-9,14-15,21H,1H3,(H,18,19,22). The second kappa shape index (κ2) is 5.76. The number of phenols is 1. The minimum absolute atomic E-state index is 0.0833. The van der Waals surface area contributed by atoms with E-state index in [4.69, 9.17) is 4.74 Å². The number of hydrazone groups is 1. The largest absolute Gasteiger partial charge is 0.504 e. The van der Waals surface area contributed by atoms with Crippen LogP contribution >= 0.6 is 11.8 Å². The Kier molecular flexibility index (Phi) is 3.57. The first kappa shape index (κ1) is 14.9. The van der Waals surface area contributed by atoms with Gasteiger partial charge < -0.3 is 15.2 Å². The zero-order chi connectivity index (χ0) is 16.7. The summed E-state index contributed by atoms with van der Waals surface area (Å²) >= 11 is 1.23. The highest BCUT2D eigenvalue weighted by atomic mass is 32.2. The summed E-state index contributed by atoms with van der Waals surface area (Å²) in [7, 11) is 1.51. The van der Waals surface area contributed by atoms with Crippen LogP contribution < -0.4 is 15.1 Å². The fourth-order valence-corrected chi connectivity index (χ4v) is 3.99. The summed E-state index contributed by atoms with van der Waals surface area (Å²) < 4.78 is 5.22. The first-order chi connectivity index (χ1) is 11.7. The maximum absolute atomic E-state index is 11.7. The zero-order valence-electron chi connectivity index (χ0n) is 12.8. The van der Waals surface area contributed by atoms with Crippen LogP contribution in [0.3, 0.4) is 0 Å². The van der Waals surface area contributed by atoms with Crippen molar-refractivity contribution in [3.05, 3.63) is 54.1 Å². The lowest BCUT2D eigenvalue weighted by Crippen LogP contribution is -2.27. The summed E-state index contributed by atoms with van der Waals surface area (Å²) in [6.45, 7) is 0. The summed E-state index contributed by atoms with van der Waals surface area (Å²) in [6, 6.07) is 14.9. The van der Waals surface area contributed by atoms with Gasteiger partial charge in [0, 0.05) is 0 Å². The molecule has 4 rings (SSSR count). The van der Waals surface area contributed by atoms with Crippen molar-refractivity contribution in [3.63, 3.8) is 0 Å². The van der Waals surface area contributed by atoms with Gasteiger partial charge in [-0.15, -0.1) is 0 Å². The van der Waals surface area contributed by atoms with Gasteiger partial charge >= 0.3 is 0 Å². The number of nitrogens with one attached hydrogen (secondary N) is 1. The molecule has 122 valence electrons. The lowest BCUT2D eigenvalue weighted by molar-refractivity contribution is 0.265. The minimum Gasteiger partial charge on any atom is -0.504 e. The number of methoxy groups -OCH3 is 1. The first-order valence-corrected chi connectivity index (χ1v) is 8.32. The Hall–Kier alpha value is -2.67. The third-order valence-corrected chi connectivity index (χ3v) is 5.12. The van der Waals surface area contributed by atoms with E-state index in [0.29, 0.717) is 11.6 Å². The van der Waals surface area contributed by atoms with Gasteiger partial charge in [0.25, 0.3) is 5.24 Å². The Bertz CT molecular complexity index is 825. The van der Waals surface area contributed by atoms with Crippen molar-refractivity contribution in [3.8, 4) is 11.5 Å². The Morgan fingerprint density at radius 1 is 1.25 bits per heavy atom. The van der Waals surface area contributed by atoms with E-state index in [0.717, 1.165) is 11.3 Å². The number of carbonyl (C=O) groups is 1. The molecule has 2 aliphatic heterocycles. The SMILES string of the molecule is COc1cc(C2C3SC(=O)NC3=NN2c2ccccc2)ccc1O. The number of nitrogens with zero attached hydrogens (tertiary/aromatic N) is 2. The van der Waals surface area contributed by atoms with Gasteiger partial charge in [0.15, 0.2) is 11.5 Å². The molecule has 24 heavy (non-hydrogen) atoms. The van der Waals surface area contributed by atoms with E-state index in [9.17, 15) is 9.90 Å². The third kappa shape index (κ3) is 2.37. The van der Waals surface area contributed by atoms with Crippen molar-refractivity contribution in [2.45, 2.75) is 11.3 Å². The number of para-hydroxylation sites is 1. The fourth-order valence-electron chi connectivity index (χ4n) is 2.97. The van der Waals surface area contributed by atoms with Crippen molar-refractivity contribution in [2.75, 3.05) is 12.1 Å². The summed E-state index contributed by atoms with van der Waals surface area (Å²) in [5.74, 6) is 1.14. The number of phenolic OH excluding ortho intramolecular Hbond substituents is 1. The summed E-state index contributed by atoms with van der Waals surface area (Å²) in [4.78, 5) is 11.7. The molecule has 2 heterocycles. The molecule has 0 spiro atoms. The van der Waals surface area contributed by atoms with Gasteiger partial charge in [0.1, 0.15) is 11.1 Å². The number of thioether (sulfide) groups is 1. The number of fused-ring (bicyclic) bond motifs is 1. The van der Waals surface area contributed by atoms with E-state index >= 15 is 0 Å². The van der Waals surface area contributed by atoms with Crippen LogP contribution in [-0.2, 0) is 0 Å². The second-order valence-corrected chi connectivity index (χ2v) is 6.61. The molecule has 1 amide bonds. The highest BCUT2D eigenvalue weighted by molar-refractivity contribution is 8.15. The van der Waals surface area contributed by atoms with Gasteiger partial charge in [-0.25, -0.2) is 0 Å². The van der Waals surface area contributed by atoms with Crippen molar-refractivity contribution in [2.24, 2.45) is 5.10 Å². The van der Waals surface area contributed by atoms with Gasteiger partial charge in [0.2, 0.25) is 0 Å². The van der Waals surface area contributed by atoms with Crippen molar-refractivity contribution in [1.82, 2.24) is 5.32 Å². The topological polar surface area (TPSA) is 74.2 Å². The van der Waals surface area contributed by atoms with Crippen molar-refractivity contribution < 1.29 is 14.6 Å². The van der Waals surface area contributed by atoms with Gasteiger partial charge in [-0.05, 0) is 29.8 Å². The molecule has 0 aliphatic carbocycles. The predicted molar refractivity (Wildman–Crippen MR) is 93.7 cm³/mol. The number of rotatable bonds is 3. The Morgan fingerprint density at radius 2 is 2.04 bits per heavy atom. The maximum atomic E-state index is 11.7. The lowest BCUT2D eigenvalue weighted by atomic mass is 10.0. The van der Waals surface area contributed by atoms with Crippen LogP contribution in [0.25, 0.3) is 0 Å². The van der Waals surface area contributed by atoms with E-state index in [1.165, 1.54) is 18.9 Å². The van der Waals surface area contributed by atoms with Crippen LogP contribution in [0.15, 0.2) is 53.6 Å². The number of amidine groups is 1. The molecular weight excluding hydrogens is 326 g/mol. The van der Waals surface area contributed by atoms with E-state index in [-0.39, 0.29) is 22.3 Å². The number of hydrogen-bond acceptors (Lipinski definition) is 6. The molecule has 7 heteroatoms. The lowest BCUT2D eigenvalue weighted by Gasteiger charge is -2.27. The number of anilines is 1. The summed E-state index contributed by atoms with van der Waals surface area (Å²) in [5, 5.41) is 18.9. The molecule has 1 fully saturated rings. The highest BCUT2D eigenvalue weighted by Crippen LogP contribution is 2.44. The van der Waals surface area contributed by atoms with E-state index in [1.54, 1.807) is 12.1 Å². The number of carbonyl (C=O) groups excluding carboxylic acids is 1. The van der Waals surface area contributed by atoms with Crippen molar-refractivity contribution >= 4 is 28.5 Å². The normalized spacial score (nSPS) is 22.1. The average molecular weight is 341 g/mol. The van der Waals surface area contributed by atoms with E-state index in [2.05, 4.69) is 10.4 Å². The molecule has 2 aromatic rings. The monoisotopic (exact) mass is 341 g/mol. The number of amides is 1. The Balaban J connectivity index is 1.79. The maximum Gasteiger partial charge on any atom is 0.285 e. The molecule has 6 nitrogen and oxygen atoms in total. The predicted octanol–water partition coefficient (Wildman–Crippen LogP) is 3.10. The second-order valence-electron chi connectivity index (χ2n) is 5.49. The highest BCUT2D eigenvalue weighted by Gasteiger charge is 2.45. The summed E-state index contributed by atoms with van der Waals surface area (Å²) in [5.41, 5.74) is 1.85. The number of hydrogen-bond donors (Lipinski definition) is 2.